The zero-order valence-electron chi connectivity index (χ0n) is 12.2. The summed E-state index contributed by atoms with van der Waals surface area (Å²) in [5.74, 6) is 0. The molecule has 0 N–H and O–H groups in total. The highest BCUT2D eigenvalue weighted by molar-refractivity contribution is 7.22. The molecule has 4 rings (SSSR count). The van der Waals surface area contributed by atoms with Crippen LogP contribution in [0.2, 0.25) is 0 Å². The van der Waals surface area contributed by atoms with Gasteiger partial charge in [0.2, 0.25) is 0 Å². The summed E-state index contributed by atoms with van der Waals surface area (Å²) in [5, 5.41) is 4.09. The Morgan fingerprint density at radius 3 is 2.45 bits per heavy atom. The smallest absolute Gasteiger partial charge is 0.144 e. The van der Waals surface area contributed by atoms with Crippen LogP contribution in [-0.2, 0) is 0 Å². The SMILES string of the molecule is Cc1nc(-c2nc3cc(-c4ccccc4)nc(C)c3s2)cs1. The maximum Gasteiger partial charge on any atom is 0.144 e. The lowest BCUT2D eigenvalue weighted by atomic mass is 10.1. The minimum absolute atomic E-state index is 0.962. The summed E-state index contributed by atoms with van der Waals surface area (Å²) in [6.45, 7) is 4.06. The van der Waals surface area contributed by atoms with E-state index in [1.165, 1.54) is 0 Å². The van der Waals surface area contributed by atoms with Crippen molar-refractivity contribution in [2.45, 2.75) is 13.8 Å². The van der Waals surface area contributed by atoms with E-state index in [0.29, 0.717) is 0 Å². The van der Waals surface area contributed by atoms with Gasteiger partial charge in [0.05, 0.1) is 26.6 Å². The van der Waals surface area contributed by atoms with Crippen LogP contribution >= 0.6 is 22.7 Å². The molecule has 0 amide bonds. The Kier molecular flexibility index (Phi) is 3.24. The third-order valence-corrected chi connectivity index (χ3v) is 5.43. The number of aryl methyl sites for hydroxylation is 2. The molecule has 22 heavy (non-hydrogen) atoms. The molecule has 0 saturated carbocycles. The first-order valence-electron chi connectivity index (χ1n) is 6.97. The number of nitrogens with zero attached hydrogens (tertiary/aromatic N) is 3. The van der Waals surface area contributed by atoms with E-state index >= 15 is 0 Å². The van der Waals surface area contributed by atoms with Crippen molar-refractivity contribution in [2.75, 3.05) is 0 Å². The Labute approximate surface area is 136 Å². The minimum atomic E-state index is 0.962. The van der Waals surface area contributed by atoms with Crippen LogP contribution < -0.4 is 0 Å². The summed E-state index contributed by atoms with van der Waals surface area (Å²) >= 11 is 3.32. The zero-order valence-corrected chi connectivity index (χ0v) is 13.8. The molecule has 0 saturated heterocycles. The number of hydrogen-bond donors (Lipinski definition) is 0. The van der Waals surface area contributed by atoms with Crippen LogP contribution in [0.3, 0.4) is 0 Å². The molecule has 5 heteroatoms. The van der Waals surface area contributed by atoms with E-state index in [0.717, 1.165) is 42.9 Å². The molecule has 0 spiro atoms. The first-order chi connectivity index (χ1) is 10.7. The predicted molar refractivity (Wildman–Crippen MR) is 93.4 cm³/mol. The van der Waals surface area contributed by atoms with E-state index in [2.05, 4.69) is 28.6 Å². The van der Waals surface area contributed by atoms with E-state index in [-0.39, 0.29) is 0 Å². The van der Waals surface area contributed by atoms with Crippen LogP contribution in [0.25, 0.3) is 32.2 Å². The predicted octanol–water partition coefficient (Wildman–Crippen LogP) is 5.10. The normalized spacial score (nSPS) is 11.2. The molecule has 3 heterocycles. The summed E-state index contributed by atoms with van der Waals surface area (Å²) in [6.07, 6.45) is 0. The Morgan fingerprint density at radius 1 is 0.909 bits per heavy atom. The number of benzene rings is 1. The molecule has 0 unspecified atom stereocenters. The summed E-state index contributed by atoms with van der Waals surface area (Å²) < 4.78 is 1.14. The van der Waals surface area contributed by atoms with Crippen molar-refractivity contribution in [3.8, 4) is 22.0 Å². The van der Waals surface area contributed by atoms with Crippen molar-refractivity contribution >= 4 is 32.9 Å². The van der Waals surface area contributed by atoms with E-state index in [9.17, 15) is 0 Å². The number of fused-ring (bicyclic) bond motifs is 1. The van der Waals surface area contributed by atoms with Crippen molar-refractivity contribution in [3.05, 3.63) is 52.5 Å². The highest BCUT2D eigenvalue weighted by Crippen LogP contribution is 2.33. The maximum atomic E-state index is 4.77. The molecule has 3 nitrogen and oxygen atoms in total. The van der Waals surface area contributed by atoms with E-state index in [1.54, 1.807) is 22.7 Å². The molecule has 0 aliphatic carbocycles. The standard InChI is InChI=1S/C17H13N3S2/c1-10-16-14(8-13(18-10)12-6-4-3-5-7-12)20-17(22-16)15-9-21-11(2)19-15/h3-9H,1-2H3. The quantitative estimate of drug-likeness (QED) is 0.515. The van der Waals surface area contributed by atoms with Crippen molar-refractivity contribution in [3.63, 3.8) is 0 Å². The fourth-order valence-corrected chi connectivity index (χ4v) is 4.03. The lowest BCUT2D eigenvalue weighted by molar-refractivity contribution is 1.24. The number of thiazole rings is 2. The maximum absolute atomic E-state index is 4.77. The molecular formula is C17H13N3S2. The minimum Gasteiger partial charge on any atom is -0.251 e. The Morgan fingerprint density at radius 2 is 1.73 bits per heavy atom. The van der Waals surface area contributed by atoms with Gasteiger partial charge in [-0.05, 0) is 19.9 Å². The molecule has 0 radical (unpaired) electrons. The van der Waals surface area contributed by atoms with E-state index < -0.39 is 0 Å². The fourth-order valence-electron chi connectivity index (χ4n) is 2.41. The van der Waals surface area contributed by atoms with Gasteiger partial charge in [0, 0.05) is 10.9 Å². The van der Waals surface area contributed by atoms with Gasteiger partial charge in [0.15, 0.2) is 0 Å². The monoisotopic (exact) mass is 323 g/mol. The lowest BCUT2D eigenvalue weighted by Gasteiger charge is -2.02. The van der Waals surface area contributed by atoms with Crippen molar-refractivity contribution in [1.82, 2.24) is 15.0 Å². The molecule has 4 aromatic rings. The van der Waals surface area contributed by atoms with Gasteiger partial charge in [-0.1, -0.05) is 30.3 Å². The van der Waals surface area contributed by atoms with Crippen LogP contribution in [0, 0.1) is 13.8 Å². The van der Waals surface area contributed by atoms with Crippen molar-refractivity contribution < 1.29 is 0 Å². The molecule has 0 aliphatic heterocycles. The number of hydrogen-bond acceptors (Lipinski definition) is 5. The van der Waals surface area contributed by atoms with Gasteiger partial charge >= 0.3 is 0 Å². The first kappa shape index (κ1) is 13.5. The van der Waals surface area contributed by atoms with Crippen LogP contribution in [0.1, 0.15) is 10.7 Å². The van der Waals surface area contributed by atoms with Gasteiger partial charge in [0.25, 0.3) is 0 Å². The molecule has 1 aromatic carbocycles. The molecule has 108 valence electrons. The molecule has 0 bridgehead atoms. The number of aromatic nitrogens is 3. The second-order valence-corrected chi connectivity index (χ2v) is 7.14. The van der Waals surface area contributed by atoms with Gasteiger partial charge in [-0.2, -0.15) is 0 Å². The summed E-state index contributed by atoms with van der Waals surface area (Å²) in [7, 11) is 0. The average Bonchev–Trinajstić information content (AvgIpc) is 3.14. The van der Waals surface area contributed by atoms with Gasteiger partial charge in [-0.25, -0.2) is 9.97 Å². The van der Waals surface area contributed by atoms with E-state index in [4.69, 9.17) is 9.97 Å². The van der Waals surface area contributed by atoms with Crippen LogP contribution in [0.4, 0.5) is 0 Å². The molecule has 3 aromatic heterocycles. The highest BCUT2D eigenvalue weighted by atomic mass is 32.1. The first-order valence-corrected chi connectivity index (χ1v) is 8.66. The summed E-state index contributed by atoms with van der Waals surface area (Å²) in [6, 6.07) is 12.3. The molecule has 0 atom stereocenters. The number of rotatable bonds is 2. The summed E-state index contributed by atoms with van der Waals surface area (Å²) in [4.78, 5) is 14.0. The van der Waals surface area contributed by atoms with Crippen LogP contribution in [-0.4, -0.2) is 15.0 Å². The Hall–Kier alpha value is -2.11. The second kappa shape index (κ2) is 5.26. The topological polar surface area (TPSA) is 38.7 Å². The molecule has 0 fully saturated rings. The average molecular weight is 323 g/mol. The lowest BCUT2D eigenvalue weighted by Crippen LogP contribution is -1.87. The molecular weight excluding hydrogens is 310 g/mol. The largest absolute Gasteiger partial charge is 0.251 e. The highest BCUT2D eigenvalue weighted by Gasteiger charge is 2.13. The second-order valence-electron chi connectivity index (χ2n) is 5.08. The summed E-state index contributed by atoms with van der Waals surface area (Å²) in [5.41, 5.74) is 5.07. The third kappa shape index (κ3) is 2.32. The zero-order chi connectivity index (χ0) is 15.1. The Bertz CT molecular complexity index is 955. The van der Waals surface area contributed by atoms with Gasteiger partial charge in [0.1, 0.15) is 10.7 Å². The van der Waals surface area contributed by atoms with E-state index in [1.807, 2.05) is 32.0 Å². The van der Waals surface area contributed by atoms with Crippen molar-refractivity contribution in [1.29, 1.82) is 0 Å². The van der Waals surface area contributed by atoms with Gasteiger partial charge < -0.3 is 0 Å². The molecule has 0 aliphatic rings. The van der Waals surface area contributed by atoms with Crippen molar-refractivity contribution in [2.24, 2.45) is 0 Å². The van der Waals surface area contributed by atoms with Crippen LogP contribution in [0.5, 0.6) is 0 Å². The fraction of sp³-hybridized carbons (Fsp3) is 0.118. The third-order valence-electron chi connectivity index (χ3n) is 3.45. The van der Waals surface area contributed by atoms with Gasteiger partial charge in [-0.3, -0.25) is 4.98 Å². The van der Waals surface area contributed by atoms with Gasteiger partial charge in [-0.15, -0.1) is 22.7 Å². The Balaban J connectivity index is 1.88. The number of pyridine rings is 1. The van der Waals surface area contributed by atoms with Crippen LogP contribution in [0.15, 0.2) is 41.8 Å².